The van der Waals surface area contributed by atoms with Gasteiger partial charge in [0.25, 0.3) is 0 Å². The maximum atomic E-state index is 13.0. The minimum atomic E-state index is -0.848. The zero-order valence-corrected chi connectivity index (χ0v) is 21.4. The number of unbranched alkanes of at least 4 members (excludes halogenated alkanes) is 1. The standard InChI is InChI=1S/C27H35ClO5S/c1-27(2)25(32)18(9-5-3-4-6-12-23(30)31)19(26(27)33)15-13-17(29)14-16-22-24(28)20-10-7-8-11-21(20)34-22/h3,5,7,10,13,15,17-19,26,29,33H,4,6,8-9,11-12,14,16H2,1-2H3,(H,30,31)/b5-3-,15-13+/t17-,18+,19+,26-/m0/s1. The number of Topliss-reactive ketones (excluding diaryl/α,β-unsaturated/α-hetero) is 1. The molecule has 0 radical (unpaired) electrons. The van der Waals surface area contributed by atoms with Crippen LogP contribution in [0.2, 0.25) is 5.02 Å². The highest BCUT2D eigenvalue weighted by Gasteiger charge is 2.52. The molecule has 5 nitrogen and oxygen atoms in total. The molecule has 0 amide bonds. The molecule has 0 unspecified atom stereocenters. The first kappa shape index (κ1) is 26.9. The minimum Gasteiger partial charge on any atom is -0.481 e. The number of carbonyl (C=O) groups excluding carboxylic acids is 1. The third-order valence-electron chi connectivity index (χ3n) is 6.93. The first-order valence-corrected chi connectivity index (χ1v) is 13.2. The maximum Gasteiger partial charge on any atom is 0.303 e. The lowest BCUT2D eigenvalue weighted by molar-refractivity contribution is -0.137. The van der Waals surface area contributed by atoms with Crippen molar-refractivity contribution >= 4 is 40.8 Å². The second-order valence-corrected chi connectivity index (χ2v) is 11.4. The summed E-state index contributed by atoms with van der Waals surface area (Å²) in [6.45, 7) is 3.53. The van der Waals surface area contributed by atoms with Gasteiger partial charge in [-0.15, -0.1) is 11.3 Å². The van der Waals surface area contributed by atoms with Gasteiger partial charge in [-0.1, -0.05) is 61.9 Å². The van der Waals surface area contributed by atoms with Crippen LogP contribution in [0.1, 0.15) is 67.7 Å². The van der Waals surface area contributed by atoms with E-state index in [1.165, 1.54) is 4.88 Å². The van der Waals surface area contributed by atoms with E-state index in [0.717, 1.165) is 28.3 Å². The molecule has 3 rings (SSSR count). The van der Waals surface area contributed by atoms with Crippen LogP contribution in [0.15, 0.2) is 30.4 Å². The Kier molecular flexibility index (Phi) is 9.33. The molecule has 0 aromatic carbocycles. The van der Waals surface area contributed by atoms with Gasteiger partial charge in [-0.05, 0) is 44.9 Å². The molecule has 186 valence electrons. The zero-order chi connectivity index (χ0) is 24.9. The van der Waals surface area contributed by atoms with Crippen molar-refractivity contribution < 1.29 is 24.9 Å². The van der Waals surface area contributed by atoms with Gasteiger partial charge in [0, 0.05) is 33.6 Å². The lowest BCUT2D eigenvalue weighted by Gasteiger charge is -2.22. The van der Waals surface area contributed by atoms with Gasteiger partial charge in [-0.3, -0.25) is 9.59 Å². The fourth-order valence-electron chi connectivity index (χ4n) is 4.82. The SMILES string of the molecule is CC1(C)C(=O)[C@H](C/C=C\CCCC(=O)O)[C@@H](/C=C/[C@H](O)CCc2sc3c(c2Cl)C=CCC3)[C@@H]1O. The van der Waals surface area contributed by atoms with Crippen molar-refractivity contribution in [1.82, 2.24) is 0 Å². The van der Waals surface area contributed by atoms with Crippen LogP contribution in [0, 0.1) is 17.3 Å². The molecular weight excluding hydrogens is 472 g/mol. The Labute approximate surface area is 210 Å². The highest BCUT2D eigenvalue weighted by Crippen LogP contribution is 2.45. The van der Waals surface area contributed by atoms with E-state index in [1.54, 1.807) is 37.3 Å². The van der Waals surface area contributed by atoms with Crippen molar-refractivity contribution in [3.8, 4) is 0 Å². The molecule has 7 heteroatoms. The lowest BCUT2D eigenvalue weighted by Crippen LogP contribution is -2.31. The van der Waals surface area contributed by atoms with Gasteiger partial charge in [-0.25, -0.2) is 0 Å². The molecule has 34 heavy (non-hydrogen) atoms. The summed E-state index contributed by atoms with van der Waals surface area (Å²) >= 11 is 8.26. The number of thiophene rings is 1. The van der Waals surface area contributed by atoms with Crippen molar-refractivity contribution in [2.75, 3.05) is 0 Å². The van der Waals surface area contributed by atoms with Crippen LogP contribution < -0.4 is 0 Å². The van der Waals surface area contributed by atoms with E-state index in [-0.39, 0.29) is 24.0 Å². The molecule has 1 aromatic heterocycles. The van der Waals surface area contributed by atoms with Gasteiger partial charge in [-0.2, -0.15) is 0 Å². The normalized spacial score (nSPS) is 24.9. The number of aliphatic hydroxyl groups excluding tert-OH is 2. The molecule has 1 saturated carbocycles. The predicted molar refractivity (Wildman–Crippen MR) is 137 cm³/mol. The van der Waals surface area contributed by atoms with Crippen LogP contribution in [-0.2, 0) is 22.4 Å². The molecule has 0 saturated heterocycles. The number of fused-ring (bicyclic) bond motifs is 1. The molecule has 2 aliphatic carbocycles. The molecule has 1 heterocycles. The third kappa shape index (κ3) is 6.28. The van der Waals surface area contributed by atoms with Crippen LogP contribution in [-0.4, -0.2) is 39.3 Å². The molecule has 0 bridgehead atoms. The van der Waals surface area contributed by atoms with Gasteiger partial charge < -0.3 is 15.3 Å². The number of allylic oxidation sites excluding steroid dienone is 3. The van der Waals surface area contributed by atoms with Crippen molar-refractivity contribution in [2.24, 2.45) is 17.3 Å². The van der Waals surface area contributed by atoms with Crippen LogP contribution >= 0.6 is 22.9 Å². The Morgan fingerprint density at radius 2 is 2.12 bits per heavy atom. The number of carboxylic acid groups (broad SMARTS) is 1. The number of hydrogen-bond donors (Lipinski definition) is 3. The molecular formula is C27H35ClO5S. The first-order chi connectivity index (χ1) is 16.1. The summed E-state index contributed by atoms with van der Waals surface area (Å²) < 4.78 is 0. The van der Waals surface area contributed by atoms with Crippen LogP contribution in [0.3, 0.4) is 0 Å². The minimum absolute atomic E-state index is 0.0170. The quantitative estimate of drug-likeness (QED) is 0.267. The fourth-order valence-corrected chi connectivity index (χ4v) is 6.48. The number of ketones is 1. The Bertz CT molecular complexity index is 974. The zero-order valence-electron chi connectivity index (χ0n) is 19.9. The molecule has 4 atom stereocenters. The predicted octanol–water partition coefficient (Wildman–Crippen LogP) is 5.61. The number of rotatable bonds is 11. The van der Waals surface area contributed by atoms with Gasteiger partial charge in [0.2, 0.25) is 0 Å². The third-order valence-corrected chi connectivity index (χ3v) is 8.80. The summed E-state index contributed by atoms with van der Waals surface area (Å²) in [5.41, 5.74) is 0.269. The average molecular weight is 507 g/mol. The fraction of sp³-hybridized carbons (Fsp3) is 0.556. The molecule has 1 fully saturated rings. The van der Waals surface area contributed by atoms with Crippen LogP contribution in [0.5, 0.6) is 0 Å². The highest BCUT2D eigenvalue weighted by molar-refractivity contribution is 7.13. The van der Waals surface area contributed by atoms with Crippen LogP contribution in [0.4, 0.5) is 0 Å². The van der Waals surface area contributed by atoms with Crippen molar-refractivity contribution in [3.63, 3.8) is 0 Å². The van der Waals surface area contributed by atoms with Gasteiger partial charge in [0.05, 0.1) is 22.6 Å². The maximum absolute atomic E-state index is 13.0. The largest absolute Gasteiger partial charge is 0.481 e. The highest BCUT2D eigenvalue weighted by atomic mass is 35.5. The van der Waals surface area contributed by atoms with Gasteiger partial charge >= 0.3 is 5.97 Å². The molecule has 0 aliphatic heterocycles. The van der Waals surface area contributed by atoms with Gasteiger partial charge in [0.15, 0.2) is 0 Å². The number of carbonyl (C=O) groups is 2. The number of hydrogen-bond acceptors (Lipinski definition) is 5. The number of aryl methyl sites for hydroxylation is 2. The van der Waals surface area contributed by atoms with E-state index < -0.39 is 23.6 Å². The van der Waals surface area contributed by atoms with Crippen LogP contribution in [0.25, 0.3) is 6.08 Å². The lowest BCUT2D eigenvalue weighted by atomic mass is 9.86. The molecule has 2 aliphatic rings. The molecule has 0 spiro atoms. The summed E-state index contributed by atoms with van der Waals surface area (Å²) in [5, 5.41) is 30.9. The Morgan fingerprint density at radius 3 is 2.82 bits per heavy atom. The summed E-state index contributed by atoms with van der Waals surface area (Å²) in [6.07, 6.45) is 15.1. The summed E-state index contributed by atoms with van der Waals surface area (Å²) in [4.78, 5) is 26.0. The Morgan fingerprint density at radius 1 is 1.35 bits per heavy atom. The topological polar surface area (TPSA) is 94.8 Å². The molecule has 3 N–H and O–H groups in total. The summed E-state index contributed by atoms with van der Waals surface area (Å²) in [6, 6.07) is 0. The van der Waals surface area contributed by atoms with E-state index >= 15 is 0 Å². The second kappa shape index (κ2) is 11.8. The monoisotopic (exact) mass is 506 g/mol. The molecule has 1 aromatic rings. The number of halogens is 1. The van der Waals surface area contributed by atoms with E-state index in [9.17, 15) is 19.8 Å². The van der Waals surface area contributed by atoms with Crippen molar-refractivity contribution in [1.29, 1.82) is 0 Å². The number of aliphatic carboxylic acids is 1. The summed E-state index contributed by atoms with van der Waals surface area (Å²) in [5.74, 6) is -1.54. The van der Waals surface area contributed by atoms with E-state index in [4.69, 9.17) is 16.7 Å². The smallest absolute Gasteiger partial charge is 0.303 e. The van der Waals surface area contributed by atoms with E-state index in [1.807, 2.05) is 12.2 Å². The van der Waals surface area contributed by atoms with Gasteiger partial charge in [0.1, 0.15) is 5.78 Å². The average Bonchev–Trinajstić information content (AvgIpc) is 3.20. The second-order valence-electron chi connectivity index (χ2n) is 9.82. The van der Waals surface area contributed by atoms with Crippen molar-refractivity contribution in [3.05, 3.63) is 50.7 Å². The Balaban J connectivity index is 1.59. The number of carboxylic acids is 1. The number of aliphatic hydroxyl groups is 2. The first-order valence-electron chi connectivity index (χ1n) is 12.0. The van der Waals surface area contributed by atoms with Crippen molar-refractivity contribution in [2.45, 2.75) is 77.4 Å². The van der Waals surface area contributed by atoms with E-state index in [2.05, 4.69) is 12.2 Å². The summed E-state index contributed by atoms with van der Waals surface area (Å²) in [7, 11) is 0. The van der Waals surface area contributed by atoms with E-state index in [0.29, 0.717) is 32.1 Å². The Hall–Kier alpha value is -1.73.